The molecular weight excluding hydrogens is 219 g/mol. The van der Waals surface area contributed by atoms with Crippen LogP contribution in [0.3, 0.4) is 0 Å². The van der Waals surface area contributed by atoms with E-state index in [1.54, 1.807) is 0 Å². The fraction of sp³-hybridized carbons (Fsp3) is 1.00. The van der Waals surface area contributed by atoms with Gasteiger partial charge in [0.2, 0.25) is 0 Å². The number of rotatable bonds is 10. The van der Waals surface area contributed by atoms with Crippen molar-refractivity contribution in [2.75, 3.05) is 6.61 Å². The van der Waals surface area contributed by atoms with E-state index in [9.17, 15) is 0 Å². The van der Waals surface area contributed by atoms with Crippen LogP contribution in [0.5, 0.6) is 0 Å². The van der Waals surface area contributed by atoms with Crippen LogP contribution in [0.4, 0.5) is 0 Å². The molecule has 1 radical (unpaired) electrons. The maximum atomic E-state index is 5.48. The molecule has 5 unspecified atom stereocenters. The molecule has 0 aromatic rings. The summed E-state index contributed by atoms with van der Waals surface area (Å²) in [6, 6.07) is 0. The molecule has 0 aliphatic carbocycles. The smallest absolute Gasteiger partial charge is 0.117 e. The van der Waals surface area contributed by atoms with Gasteiger partial charge in [0, 0.05) is 0 Å². The van der Waals surface area contributed by atoms with Gasteiger partial charge in [-0.05, 0) is 11.8 Å². The molecule has 1 aliphatic rings. The number of hydrogen-bond acceptors (Lipinski definition) is 1. The Morgan fingerprint density at radius 3 is 2.17 bits per heavy atom. The van der Waals surface area contributed by atoms with Crippen molar-refractivity contribution in [2.24, 2.45) is 11.8 Å². The lowest BCUT2D eigenvalue weighted by molar-refractivity contribution is 0.303. The molecular formula is C16H32BO. The summed E-state index contributed by atoms with van der Waals surface area (Å²) in [5, 5.41) is 0. The minimum Gasteiger partial charge on any atom is -0.373 e. The first kappa shape index (κ1) is 16.1. The van der Waals surface area contributed by atoms with Crippen LogP contribution < -0.4 is 0 Å². The normalized spacial score (nSPS) is 25.3. The van der Waals surface area contributed by atoms with Gasteiger partial charge >= 0.3 is 0 Å². The molecule has 0 amide bonds. The van der Waals surface area contributed by atoms with Gasteiger partial charge in [0.05, 0.1) is 12.7 Å². The van der Waals surface area contributed by atoms with Crippen LogP contribution >= 0.6 is 0 Å². The quantitative estimate of drug-likeness (QED) is 0.395. The summed E-state index contributed by atoms with van der Waals surface area (Å²) in [5.74, 6) is 3.21. The standard InChI is InChI=1S/C16H32BO/c1-6-12(4)9-13(5)17-15(8-3)10-14(7-2)16-11-18-16/h12-16H,6-11H2,1-5H3. The maximum Gasteiger partial charge on any atom is 0.117 e. The van der Waals surface area contributed by atoms with Crippen molar-refractivity contribution in [2.45, 2.75) is 84.5 Å². The Bertz CT molecular complexity index is 215. The molecule has 0 bridgehead atoms. The van der Waals surface area contributed by atoms with Crippen molar-refractivity contribution in [3.63, 3.8) is 0 Å². The van der Waals surface area contributed by atoms with Crippen LogP contribution in [0.25, 0.3) is 0 Å². The lowest BCUT2D eigenvalue weighted by Crippen LogP contribution is -2.17. The Morgan fingerprint density at radius 2 is 1.72 bits per heavy atom. The fourth-order valence-electron chi connectivity index (χ4n) is 3.02. The molecule has 1 heterocycles. The van der Waals surface area contributed by atoms with Gasteiger partial charge in [-0.2, -0.15) is 0 Å². The predicted molar refractivity (Wildman–Crippen MR) is 81.4 cm³/mol. The molecule has 1 aliphatic heterocycles. The van der Waals surface area contributed by atoms with Gasteiger partial charge in [-0.25, -0.2) is 0 Å². The van der Waals surface area contributed by atoms with Crippen molar-refractivity contribution in [1.29, 1.82) is 0 Å². The third-order valence-electron chi connectivity index (χ3n) is 4.61. The summed E-state index contributed by atoms with van der Waals surface area (Å²) in [7, 11) is 2.62. The van der Waals surface area contributed by atoms with E-state index >= 15 is 0 Å². The van der Waals surface area contributed by atoms with E-state index in [1.165, 1.54) is 32.1 Å². The number of ether oxygens (including phenoxy) is 1. The topological polar surface area (TPSA) is 12.5 Å². The average molecular weight is 251 g/mol. The first-order chi connectivity index (χ1) is 8.60. The fourth-order valence-corrected chi connectivity index (χ4v) is 3.02. The largest absolute Gasteiger partial charge is 0.373 e. The molecule has 1 nitrogen and oxygen atoms in total. The lowest BCUT2D eigenvalue weighted by Gasteiger charge is -2.24. The lowest BCUT2D eigenvalue weighted by atomic mass is 9.51. The van der Waals surface area contributed by atoms with Gasteiger partial charge < -0.3 is 4.74 Å². The second kappa shape index (κ2) is 8.25. The third kappa shape index (κ3) is 5.78. The molecule has 0 spiro atoms. The highest BCUT2D eigenvalue weighted by Gasteiger charge is 2.33. The molecule has 1 rings (SSSR count). The van der Waals surface area contributed by atoms with Crippen LogP contribution in [0.15, 0.2) is 0 Å². The van der Waals surface area contributed by atoms with Crippen molar-refractivity contribution in [1.82, 2.24) is 0 Å². The molecule has 1 saturated heterocycles. The Labute approximate surface area is 115 Å². The summed E-state index contributed by atoms with van der Waals surface area (Å²) < 4.78 is 5.48. The second-order valence-electron chi connectivity index (χ2n) is 6.36. The van der Waals surface area contributed by atoms with Crippen LogP contribution in [0.1, 0.15) is 66.7 Å². The molecule has 0 N–H and O–H groups in total. The molecule has 105 valence electrons. The van der Waals surface area contributed by atoms with E-state index in [0.29, 0.717) is 6.10 Å². The van der Waals surface area contributed by atoms with Crippen molar-refractivity contribution in [3.8, 4) is 0 Å². The van der Waals surface area contributed by atoms with Crippen molar-refractivity contribution >= 4 is 7.28 Å². The van der Waals surface area contributed by atoms with Gasteiger partial charge in [-0.3, -0.25) is 0 Å². The number of hydrogen-bond donors (Lipinski definition) is 0. The Balaban J connectivity index is 2.30. The first-order valence-corrected chi connectivity index (χ1v) is 8.07. The molecule has 0 saturated carbocycles. The molecule has 0 aromatic heterocycles. The van der Waals surface area contributed by atoms with E-state index in [1.807, 2.05) is 0 Å². The number of epoxide rings is 1. The summed E-state index contributed by atoms with van der Waals surface area (Å²) in [6.45, 7) is 12.7. The zero-order chi connectivity index (χ0) is 13.5. The third-order valence-corrected chi connectivity index (χ3v) is 4.61. The van der Waals surface area contributed by atoms with E-state index < -0.39 is 0 Å². The molecule has 5 atom stereocenters. The summed E-state index contributed by atoms with van der Waals surface area (Å²) in [4.78, 5) is 0. The minimum atomic E-state index is 0.585. The van der Waals surface area contributed by atoms with Crippen molar-refractivity contribution in [3.05, 3.63) is 0 Å². The Hall–Kier alpha value is 0.0249. The van der Waals surface area contributed by atoms with Crippen LogP contribution in [0.2, 0.25) is 11.6 Å². The van der Waals surface area contributed by atoms with Crippen LogP contribution in [-0.2, 0) is 4.74 Å². The second-order valence-corrected chi connectivity index (χ2v) is 6.36. The summed E-state index contributed by atoms with van der Waals surface area (Å²) >= 11 is 0. The van der Waals surface area contributed by atoms with E-state index in [4.69, 9.17) is 4.74 Å². The maximum absolute atomic E-state index is 5.48. The Kier molecular flexibility index (Phi) is 7.37. The first-order valence-electron chi connectivity index (χ1n) is 8.07. The van der Waals surface area contributed by atoms with Gasteiger partial charge in [0.1, 0.15) is 7.28 Å². The minimum absolute atomic E-state index is 0.585. The predicted octanol–water partition coefficient (Wildman–Crippen LogP) is 4.95. The van der Waals surface area contributed by atoms with Gasteiger partial charge in [-0.15, -0.1) is 0 Å². The highest BCUT2D eigenvalue weighted by atomic mass is 16.6. The molecule has 18 heavy (non-hydrogen) atoms. The zero-order valence-corrected chi connectivity index (χ0v) is 13.1. The van der Waals surface area contributed by atoms with Gasteiger partial charge in [-0.1, -0.05) is 78.4 Å². The average Bonchev–Trinajstić information content (AvgIpc) is 3.18. The summed E-state index contributed by atoms with van der Waals surface area (Å²) in [6.07, 6.45) is 7.14. The van der Waals surface area contributed by atoms with E-state index in [-0.39, 0.29) is 0 Å². The van der Waals surface area contributed by atoms with E-state index in [0.717, 1.165) is 30.1 Å². The van der Waals surface area contributed by atoms with Crippen LogP contribution in [0, 0.1) is 11.8 Å². The molecule has 1 fully saturated rings. The van der Waals surface area contributed by atoms with Crippen LogP contribution in [-0.4, -0.2) is 20.0 Å². The summed E-state index contributed by atoms with van der Waals surface area (Å²) in [5.41, 5.74) is 0. The van der Waals surface area contributed by atoms with Gasteiger partial charge in [0.25, 0.3) is 0 Å². The SMILES string of the molecule is CCC(C)CC(C)[B]C(CC)CC(CC)C1CO1. The van der Waals surface area contributed by atoms with E-state index in [2.05, 4.69) is 41.9 Å². The van der Waals surface area contributed by atoms with Gasteiger partial charge in [0.15, 0.2) is 0 Å². The highest BCUT2D eigenvalue weighted by Crippen LogP contribution is 2.34. The Morgan fingerprint density at radius 1 is 1.06 bits per heavy atom. The molecule has 0 aromatic carbocycles. The monoisotopic (exact) mass is 251 g/mol. The highest BCUT2D eigenvalue weighted by molar-refractivity contribution is 6.39. The molecule has 2 heteroatoms. The zero-order valence-electron chi connectivity index (χ0n) is 13.1. The van der Waals surface area contributed by atoms with Crippen molar-refractivity contribution < 1.29 is 4.74 Å².